The third kappa shape index (κ3) is 1.86. The van der Waals surface area contributed by atoms with Crippen molar-refractivity contribution in [1.29, 1.82) is 0 Å². The van der Waals surface area contributed by atoms with E-state index in [2.05, 4.69) is 20.9 Å². The molecule has 2 nitrogen and oxygen atoms in total. The second kappa shape index (κ2) is 3.66. The van der Waals surface area contributed by atoms with E-state index in [-0.39, 0.29) is 0 Å². The second-order valence-corrected chi connectivity index (χ2v) is 4.58. The number of halogens is 4. The first-order valence-electron chi connectivity index (χ1n) is 4.01. The molecule has 0 radical (unpaired) electrons. The lowest BCUT2D eigenvalue weighted by atomic mass is 9.86. The number of hydrogen-bond donors (Lipinski definition) is 1. The first-order valence-corrected chi connectivity index (χ1v) is 4.80. The minimum absolute atomic E-state index is 0.621. The quantitative estimate of drug-likeness (QED) is 0.730. The van der Waals surface area contributed by atoms with Crippen LogP contribution in [0.1, 0.15) is 6.92 Å². The van der Waals surface area contributed by atoms with Gasteiger partial charge in [0.1, 0.15) is 4.32 Å². The maximum absolute atomic E-state index is 12.7. The van der Waals surface area contributed by atoms with Crippen LogP contribution in [0.4, 0.5) is 13.2 Å². The van der Waals surface area contributed by atoms with Gasteiger partial charge in [0.2, 0.25) is 0 Å². The molecule has 0 aliphatic carbocycles. The molecule has 0 aromatic heterocycles. The van der Waals surface area contributed by atoms with E-state index in [1.54, 1.807) is 0 Å². The van der Waals surface area contributed by atoms with Crippen LogP contribution in [0.25, 0.3) is 0 Å². The molecule has 0 aromatic carbocycles. The van der Waals surface area contributed by atoms with E-state index in [1.807, 2.05) is 0 Å². The summed E-state index contributed by atoms with van der Waals surface area (Å²) in [7, 11) is 0. The van der Waals surface area contributed by atoms with E-state index in [4.69, 9.17) is 5.73 Å². The van der Waals surface area contributed by atoms with Gasteiger partial charge >= 0.3 is 6.18 Å². The molecule has 0 aromatic rings. The van der Waals surface area contributed by atoms with Gasteiger partial charge in [0.05, 0.1) is 0 Å². The normalized spacial score (nSPS) is 34.6. The standard InChI is InChI=1S/C8H10BrF3N2/c1-5(13)6-4-14-3-2-7(6,9)8(10,11)12/h2-6H,13H2,1H3/t5-,6?,7?/m1/s1. The number of aliphatic imine (C=N–C) groups is 1. The zero-order valence-electron chi connectivity index (χ0n) is 7.42. The van der Waals surface area contributed by atoms with Crippen LogP contribution >= 0.6 is 15.9 Å². The third-order valence-corrected chi connectivity index (χ3v) is 3.38. The maximum Gasteiger partial charge on any atom is 0.408 e. The fourth-order valence-corrected chi connectivity index (χ4v) is 1.97. The molecular formula is C8H10BrF3N2. The van der Waals surface area contributed by atoms with E-state index in [0.717, 1.165) is 12.3 Å². The van der Waals surface area contributed by atoms with Gasteiger partial charge in [-0.15, -0.1) is 0 Å². The van der Waals surface area contributed by atoms with Crippen molar-refractivity contribution in [3.63, 3.8) is 0 Å². The van der Waals surface area contributed by atoms with Crippen molar-refractivity contribution in [2.24, 2.45) is 16.6 Å². The van der Waals surface area contributed by atoms with Gasteiger partial charge in [0.25, 0.3) is 0 Å². The predicted molar refractivity (Wildman–Crippen MR) is 52.5 cm³/mol. The van der Waals surface area contributed by atoms with Gasteiger partial charge in [0.15, 0.2) is 0 Å². The van der Waals surface area contributed by atoms with Crippen molar-refractivity contribution in [3.05, 3.63) is 12.3 Å². The molecular weight excluding hydrogens is 261 g/mol. The Morgan fingerprint density at radius 2 is 2.14 bits per heavy atom. The van der Waals surface area contributed by atoms with Gasteiger partial charge in [-0.25, -0.2) is 0 Å². The van der Waals surface area contributed by atoms with Crippen LogP contribution in [0, 0.1) is 5.92 Å². The highest BCUT2D eigenvalue weighted by Gasteiger charge is 2.57. The van der Waals surface area contributed by atoms with Crippen LogP contribution < -0.4 is 5.73 Å². The summed E-state index contributed by atoms with van der Waals surface area (Å²) < 4.78 is 36.1. The molecule has 1 aliphatic heterocycles. The molecule has 1 heterocycles. The Kier molecular flexibility index (Phi) is 3.06. The maximum atomic E-state index is 12.7. The van der Waals surface area contributed by atoms with Crippen LogP contribution in [-0.2, 0) is 0 Å². The Balaban J connectivity index is 3.06. The Morgan fingerprint density at radius 3 is 2.50 bits per heavy atom. The average molecular weight is 271 g/mol. The molecule has 0 saturated heterocycles. The lowest BCUT2D eigenvalue weighted by molar-refractivity contribution is -0.153. The Hall–Kier alpha value is -0.360. The van der Waals surface area contributed by atoms with Gasteiger partial charge < -0.3 is 5.73 Å². The first kappa shape index (κ1) is 11.7. The number of alkyl halides is 4. The number of rotatable bonds is 1. The van der Waals surface area contributed by atoms with Crippen LogP contribution in [-0.4, -0.2) is 22.8 Å². The second-order valence-electron chi connectivity index (χ2n) is 3.26. The summed E-state index contributed by atoms with van der Waals surface area (Å²) in [6.07, 6.45) is -1.04. The largest absolute Gasteiger partial charge is 0.408 e. The summed E-state index contributed by atoms with van der Waals surface area (Å²) >= 11 is 2.70. The molecule has 0 fully saturated rings. The lowest BCUT2D eigenvalue weighted by Crippen LogP contribution is -2.52. The van der Waals surface area contributed by atoms with Crippen LogP contribution in [0.15, 0.2) is 17.3 Å². The van der Waals surface area contributed by atoms with Gasteiger partial charge in [0, 0.05) is 24.4 Å². The molecule has 0 amide bonds. The van der Waals surface area contributed by atoms with Crippen molar-refractivity contribution in [1.82, 2.24) is 0 Å². The molecule has 0 saturated carbocycles. The number of allylic oxidation sites excluding steroid dienone is 1. The van der Waals surface area contributed by atoms with E-state index in [1.165, 1.54) is 13.1 Å². The van der Waals surface area contributed by atoms with Gasteiger partial charge in [-0.05, 0) is 13.0 Å². The van der Waals surface area contributed by atoms with E-state index >= 15 is 0 Å². The molecule has 1 aliphatic rings. The number of nitrogens with zero attached hydrogens (tertiary/aromatic N) is 1. The zero-order chi connectivity index (χ0) is 11.0. The fraction of sp³-hybridized carbons (Fsp3) is 0.625. The molecule has 1 rings (SSSR count). The van der Waals surface area contributed by atoms with E-state index in [9.17, 15) is 13.2 Å². The van der Waals surface area contributed by atoms with E-state index in [0.29, 0.717) is 0 Å². The molecule has 2 N–H and O–H groups in total. The summed E-state index contributed by atoms with van der Waals surface area (Å²) in [5.41, 5.74) is 5.48. The van der Waals surface area contributed by atoms with Crippen molar-refractivity contribution in [3.8, 4) is 0 Å². The Bertz CT molecular complexity index is 272. The summed E-state index contributed by atoms with van der Waals surface area (Å²) in [6.45, 7) is 1.53. The Morgan fingerprint density at radius 1 is 1.57 bits per heavy atom. The third-order valence-electron chi connectivity index (χ3n) is 2.14. The topological polar surface area (TPSA) is 38.4 Å². The van der Waals surface area contributed by atoms with Gasteiger partial charge in [-0.2, -0.15) is 13.2 Å². The molecule has 14 heavy (non-hydrogen) atoms. The molecule has 80 valence electrons. The van der Waals surface area contributed by atoms with Crippen molar-refractivity contribution in [2.45, 2.75) is 23.5 Å². The summed E-state index contributed by atoms with van der Waals surface area (Å²) in [4.78, 5) is 3.67. The first-order chi connectivity index (χ1) is 6.29. The van der Waals surface area contributed by atoms with Crippen LogP contribution in [0.3, 0.4) is 0 Å². The molecule has 0 bridgehead atoms. The van der Waals surface area contributed by atoms with Crippen molar-refractivity contribution < 1.29 is 13.2 Å². The van der Waals surface area contributed by atoms with Crippen LogP contribution in [0.5, 0.6) is 0 Å². The highest BCUT2D eigenvalue weighted by Crippen LogP contribution is 2.46. The van der Waals surface area contributed by atoms with E-state index < -0.39 is 22.5 Å². The molecule has 6 heteroatoms. The number of hydrogen-bond acceptors (Lipinski definition) is 2. The lowest BCUT2D eigenvalue weighted by Gasteiger charge is -2.36. The zero-order valence-corrected chi connectivity index (χ0v) is 9.01. The monoisotopic (exact) mass is 270 g/mol. The summed E-state index contributed by atoms with van der Waals surface area (Å²) in [6, 6.07) is -0.621. The van der Waals surface area contributed by atoms with Crippen molar-refractivity contribution >= 4 is 22.1 Å². The highest BCUT2D eigenvalue weighted by atomic mass is 79.9. The summed E-state index contributed by atoms with van der Waals surface area (Å²) in [5.74, 6) is -0.882. The average Bonchev–Trinajstić information content (AvgIpc) is 2.02. The number of nitrogens with two attached hydrogens (primary N) is 1. The van der Waals surface area contributed by atoms with Crippen molar-refractivity contribution in [2.75, 3.05) is 0 Å². The minimum Gasteiger partial charge on any atom is -0.327 e. The Labute approximate surface area is 88.2 Å². The predicted octanol–water partition coefficient (Wildman–Crippen LogP) is 2.24. The molecule has 0 spiro atoms. The van der Waals surface area contributed by atoms with Crippen LogP contribution in [0.2, 0.25) is 0 Å². The molecule has 2 unspecified atom stereocenters. The highest BCUT2D eigenvalue weighted by molar-refractivity contribution is 9.10. The fourth-order valence-electron chi connectivity index (χ4n) is 1.32. The SMILES string of the molecule is C[C@@H](N)C1C=NC=CC1(Br)C(F)(F)F. The smallest absolute Gasteiger partial charge is 0.327 e. The van der Waals surface area contributed by atoms with Gasteiger partial charge in [-0.3, -0.25) is 4.99 Å². The van der Waals surface area contributed by atoms with Gasteiger partial charge in [-0.1, -0.05) is 15.9 Å². The minimum atomic E-state index is -4.38. The summed E-state index contributed by atoms with van der Waals surface area (Å²) in [5, 5.41) is 0. The molecule has 3 atom stereocenters.